The Morgan fingerprint density at radius 1 is 1.64 bits per heavy atom. The third-order valence-electron chi connectivity index (χ3n) is 1.40. The van der Waals surface area contributed by atoms with E-state index in [9.17, 15) is 0 Å². The lowest BCUT2D eigenvalue weighted by molar-refractivity contribution is 0.582. The Labute approximate surface area is 71.2 Å². The number of nitrogens with zero attached hydrogens (tertiary/aromatic N) is 3. The lowest BCUT2D eigenvalue weighted by atomic mass is 10.5. The first kappa shape index (κ1) is 8.59. The molecule has 0 saturated heterocycles. The van der Waals surface area contributed by atoms with Crippen LogP contribution in [0.4, 0.5) is 0 Å². The smallest absolute Gasteiger partial charge is 0.138 e. The average molecular weight is 171 g/mol. The van der Waals surface area contributed by atoms with E-state index in [0.29, 0.717) is 0 Å². The molecule has 1 heterocycles. The summed E-state index contributed by atoms with van der Waals surface area (Å²) >= 11 is 1.78. The third kappa shape index (κ3) is 2.22. The summed E-state index contributed by atoms with van der Waals surface area (Å²) in [6.45, 7) is 3.13. The van der Waals surface area contributed by atoms with Crippen molar-refractivity contribution < 1.29 is 0 Å². The van der Waals surface area contributed by atoms with E-state index in [0.717, 1.165) is 24.5 Å². The highest BCUT2D eigenvalue weighted by atomic mass is 32.2. The minimum absolute atomic E-state index is 0.958. The normalized spacial score (nSPS) is 10.4. The molecule has 0 aliphatic heterocycles. The van der Waals surface area contributed by atoms with E-state index in [4.69, 9.17) is 0 Å². The summed E-state index contributed by atoms with van der Waals surface area (Å²) in [7, 11) is 0. The van der Waals surface area contributed by atoms with Gasteiger partial charge in [0.05, 0.1) is 5.75 Å². The molecule has 0 aliphatic rings. The van der Waals surface area contributed by atoms with Crippen molar-refractivity contribution >= 4 is 11.8 Å². The molecule has 1 aromatic heterocycles. The third-order valence-corrected chi connectivity index (χ3v) is 1.95. The molecule has 0 aliphatic carbocycles. The van der Waals surface area contributed by atoms with Crippen molar-refractivity contribution in [1.82, 2.24) is 14.8 Å². The van der Waals surface area contributed by atoms with E-state index < -0.39 is 0 Å². The molecule has 0 aromatic carbocycles. The second kappa shape index (κ2) is 4.38. The van der Waals surface area contributed by atoms with Crippen LogP contribution in [0.3, 0.4) is 0 Å². The van der Waals surface area contributed by atoms with Gasteiger partial charge < -0.3 is 0 Å². The van der Waals surface area contributed by atoms with E-state index in [1.165, 1.54) is 0 Å². The molecule has 1 rings (SSSR count). The van der Waals surface area contributed by atoms with Crippen LogP contribution < -0.4 is 0 Å². The Balaban J connectivity index is 2.62. The van der Waals surface area contributed by atoms with Gasteiger partial charge in [-0.2, -0.15) is 16.9 Å². The van der Waals surface area contributed by atoms with Gasteiger partial charge in [0.2, 0.25) is 0 Å². The Morgan fingerprint density at radius 3 is 3.09 bits per heavy atom. The first-order valence-corrected chi connectivity index (χ1v) is 5.13. The molecule has 1 aromatic rings. The van der Waals surface area contributed by atoms with Gasteiger partial charge in [0.1, 0.15) is 12.2 Å². The van der Waals surface area contributed by atoms with Crippen LogP contribution in [0.1, 0.15) is 19.2 Å². The Morgan fingerprint density at radius 2 is 2.45 bits per heavy atom. The van der Waals surface area contributed by atoms with Crippen LogP contribution in [0.15, 0.2) is 6.33 Å². The molecular formula is C7H13N3S. The van der Waals surface area contributed by atoms with Gasteiger partial charge in [-0.1, -0.05) is 6.92 Å². The van der Waals surface area contributed by atoms with Crippen LogP contribution in [0.5, 0.6) is 0 Å². The fourth-order valence-corrected chi connectivity index (χ4v) is 1.41. The van der Waals surface area contributed by atoms with Crippen LogP contribution in [-0.4, -0.2) is 21.0 Å². The molecule has 11 heavy (non-hydrogen) atoms. The maximum atomic E-state index is 4.16. The summed E-state index contributed by atoms with van der Waals surface area (Å²) in [6.07, 6.45) is 4.82. The fraction of sp³-hybridized carbons (Fsp3) is 0.714. The second-order valence-electron chi connectivity index (χ2n) is 2.33. The second-order valence-corrected chi connectivity index (χ2v) is 3.20. The first-order chi connectivity index (χ1) is 5.38. The van der Waals surface area contributed by atoms with Crippen molar-refractivity contribution in [2.75, 3.05) is 6.26 Å². The fourth-order valence-electron chi connectivity index (χ4n) is 0.928. The summed E-state index contributed by atoms with van der Waals surface area (Å²) in [6, 6.07) is 0. The average Bonchev–Trinajstić information content (AvgIpc) is 2.39. The minimum Gasteiger partial charge on any atom is -0.249 e. The molecule has 0 N–H and O–H groups in total. The van der Waals surface area contributed by atoms with E-state index in [1.54, 1.807) is 18.1 Å². The molecular weight excluding hydrogens is 158 g/mol. The number of aryl methyl sites for hydroxylation is 1. The first-order valence-electron chi connectivity index (χ1n) is 3.74. The Kier molecular flexibility index (Phi) is 3.42. The van der Waals surface area contributed by atoms with E-state index in [1.807, 2.05) is 4.68 Å². The molecule has 0 spiro atoms. The highest BCUT2D eigenvalue weighted by Gasteiger charge is 2.00. The van der Waals surface area contributed by atoms with Crippen molar-refractivity contribution in [3.63, 3.8) is 0 Å². The van der Waals surface area contributed by atoms with Crippen LogP contribution in [0.25, 0.3) is 0 Å². The summed E-state index contributed by atoms with van der Waals surface area (Å²) in [5, 5.41) is 4.12. The zero-order valence-electron chi connectivity index (χ0n) is 6.95. The molecule has 0 atom stereocenters. The quantitative estimate of drug-likeness (QED) is 0.688. The van der Waals surface area contributed by atoms with Crippen molar-refractivity contribution in [3.8, 4) is 0 Å². The summed E-state index contributed by atoms with van der Waals surface area (Å²) in [4.78, 5) is 4.16. The number of thioether (sulfide) groups is 1. The molecule has 3 nitrogen and oxygen atoms in total. The minimum atomic E-state index is 0.958. The predicted molar refractivity (Wildman–Crippen MR) is 47.5 cm³/mol. The van der Waals surface area contributed by atoms with Crippen molar-refractivity contribution in [3.05, 3.63) is 12.2 Å². The molecule has 0 bridgehead atoms. The highest BCUT2D eigenvalue weighted by Crippen LogP contribution is 2.05. The SMILES string of the molecule is CCCn1ncnc1CSC. The van der Waals surface area contributed by atoms with Crippen molar-refractivity contribution in [2.24, 2.45) is 0 Å². The lowest BCUT2D eigenvalue weighted by Gasteiger charge is -2.01. The number of aromatic nitrogens is 3. The molecule has 62 valence electrons. The maximum absolute atomic E-state index is 4.16. The van der Waals surface area contributed by atoms with Crippen LogP contribution in [0.2, 0.25) is 0 Å². The van der Waals surface area contributed by atoms with Crippen LogP contribution in [0, 0.1) is 0 Å². The zero-order chi connectivity index (χ0) is 8.10. The topological polar surface area (TPSA) is 30.7 Å². The van der Waals surface area contributed by atoms with Gasteiger partial charge in [-0.05, 0) is 12.7 Å². The van der Waals surface area contributed by atoms with Gasteiger partial charge in [0.15, 0.2) is 0 Å². The molecule has 0 saturated carbocycles. The molecule has 0 amide bonds. The molecule has 4 heteroatoms. The van der Waals surface area contributed by atoms with Crippen LogP contribution in [-0.2, 0) is 12.3 Å². The number of hydrogen-bond acceptors (Lipinski definition) is 3. The standard InChI is InChI=1S/C7H13N3S/c1-3-4-10-7(5-11-2)8-6-9-10/h6H,3-5H2,1-2H3. The van der Waals surface area contributed by atoms with Gasteiger partial charge in [-0.25, -0.2) is 9.67 Å². The maximum Gasteiger partial charge on any atom is 0.138 e. The monoisotopic (exact) mass is 171 g/mol. The van der Waals surface area contributed by atoms with Crippen molar-refractivity contribution in [2.45, 2.75) is 25.6 Å². The van der Waals surface area contributed by atoms with Gasteiger partial charge in [-0.15, -0.1) is 0 Å². The van der Waals surface area contributed by atoms with Gasteiger partial charge >= 0.3 is 0 Å². The predicted octanol–water partition coefficient (Wildman–Crippen LogP) is 1.55. The zero-order valence-corrected chi connectivity index (χ0v) is 7.77. The van der Waals surface area contributed by atoms with E-state index in [2.05, 4.69) is 23.3 Å². The summed E-state index contributed by atoms with van der Waals surface area (Å²) in [5.41, 5.74) is 0. The molecule has 0 unspecified atom stereocenters. The number of hydrogen-bond donors (Lipinski definition) is 0. The summed E-state index contributed by atoms with van der Waals surface area (Å²) < 4.78 is 1.97. The van der Waals surface area contributed by atoms with Crippen LogP contribution >= 0.6 is 11.8 Å². The van der Waals surface area contributed by atoms with Gasteiger partial charge in [0.25, 0.3) is 0 Å². The van der Waals surface area contributed by atoms with Crippen molar-refractivity contribution in [1.29, 1.82) is 0 Å². The lowest BCUT2D eigenvalue weighted by Crippen LogP contribution is -2.03. The van der Waals surface area contributed by atoms with Gasteiger partial charge in [-0.3, -0.25) is 0 Å². The Hall–Kier alpha value is -0.510. The number of rotatable bonds is 4. The van der Waals surface area contributed by atoms with Gasteiger partial charge in [0, 0.05) is 6.54 Å². The molecule has 0 fully saturated rings. The Bertz CT molecular complexity index is 189. The molecule has 0 radical (unpaired) electrons. The highest BCUT2D eigenvalue weighted by molar-refractivity contribution is 7.97. The van der Waals surface area contributed by atoms with E-state index in [-0.39, 0.29) is 0 Å². The van der Waals surface area contributed by atoms with E-state index >= 15 is 0 Å². The largest absolute Gasteiger partial charge is 0.249 e. The summed E-state index contributed by atoms with van der Waals surface area (Å²) in [5.74, 6) is 2.04.